The molecular weight excluding hydrogens is 182 g/mol. The van der Waals surface area contributed by atoms with Gasteiger partial charge in [0.2, 0.25) is 0 Å². The molecule has 0 aromatic heterocycles. The minimum Gasteiger partial charge on any atom is -0.463 e. The average Bonchev–Trinajstić information content (AvgIpc) is 2.03. The van der Waals surface area contributed by atoms with Gasteiger partial charge in [0.05, 0.1) is 18.1 Å². The first-order chi connectivity index (χ1) is 6.41. The number of esters is 1. The van der Waals surface area contributed by atoms with E-state index in [0.29, 0.717) is 0 Å². The number of carbonyl (C=O) groups is 1. The molecule has 2 atom stereocenters. The zero-order valence-corrected chi connectivity index (χ0v) is 9.25. The van der Waals surface area contributed by atoms with Gasteiger partial charge in [-0.3, -0.25) is 4.79 Å². The maximum atomic E-state index is 11.3. The summed E-state index contributed by atoms with van der Waals surface area (Å²) in [5.74, 6) is -0.388. The maximum Gasteiger partial charge on any atom is 0.309 e. The van der Waals surface area contributed by atoms with Crippen LogP contribution < -0.4 is 5.73 Å². The Balaban J connectivity index is 3.86. The summed E-state index contributed by atoms with van der Waals surface area (Å²) in [5.41, 5.74) is 4.14. The van der Waals surface area contributed by atoms with Crippen LogP contribution in [-0.4, -0.2) is 29.3 Å². The van der Waals surface area contributed by atoms with Crippen LogP contribution in [0.15, 0.2) is 0 Å². The summed E-state index contributed by atoms with van der Waals surface area (Å²) in [4.78, 5) is 11.3. The molecule has 0 aliphatic carbocycles. The van der Waals surface area contributed by atoms with Crippen molar-refractivity contribution in [3.63, 3.8) is 0 Å². The number of hydrogen-bond acceptors (Lipinski definition) is 4. The third-order valence-electron chi connectivity index (χ3n) is 1.99. The van der Waals surface area contributed by atoms with E-state index in [2.05, 4.69) is 0 Å². The standard InChI is InChI=1S/C10H21NO3/c1-4-5-8(2)14-9(12)6-10(3,13)7-11/h8,13H,4-7,11H2,1-3H3. The van der Waals surface area contributed by atoms with Gasteiger partial charge < -0.3 is 15.6 Å². The van der Waals surface area contributed by atoms with Crippen molar-refractivity contribution in [2.45, 2.75) is 51.7 Å². The fourth-order valence-corrected chi connectivity index (χ4v) is 1.11. The minimum absolute atomic E-state index is 0.0441. The molecule has 0 aliphatic heterocycles. The lowest BCUT2D eigenvalue weighted by Crippen LogP contribution is -2.37. The fourth-order valence-electron chi connectivity index (χ4n) is 1.11. The number of nitrogens with two attached hydrogens (primary N) is 1. The molecule has 0 saturated heterocycles. The minimum atomic E-state index is -1.15. The van der Waals surface area contributed by atoms with Crippen LogP contribution in [0.1, 0.15) is 40.0 Å². The maximum absolute atomic E-state index is 11.3. The third kappa shape index (κ3) is 5.94. The Morgan fingerprint density at radius 2 is 2.21 bits per heavy atom. The predicted molar refractivity (Wildman–Crippen MR) is 54.8 cm³/mol. The molecule has 0 bridgehead atoms. The van der Waals surface area contributed by atoms with E-state index < -0.39 is 5.60 Å². The Hall–Kier alpha value is -0.610. The van der Waals surface area contributed by atoms with Crippen LogP contribution in [0, 0.1) is 0 Å². The van der Waals surface area contributed by atoms with E-state index in [9.17, 15) is 9.90 Å². The molecular formula is C10H21NO3. The van der Waals surface area contributed by atoms with Crippen LogP contribution in [0.25, 0.3) is 0 Å². The van der Waals surface area contributed by atoms with E-state index in [4.69, 9.17) is 10.5 Å². The average molecular weight is 203 g/mol. The first kappa shape index (κ1) is 13.4. The van der Waals surface area contributed by atoms with Crippen molar-refractivity contribution in [3.05, 3.63) is 0 Å². The molecule has 3 N–H and O–H groups in total. The van der Waals surface area contributed by atoms with E-state index in [0.717, 1.165) is 12.8 Å². The Morgan fingerprint density at radius 1 is 1.64 bits per heavy atom. The Labute approximate surface area is 85.4 Å². The molecule has 0 aromatic carbocycles. The van der Waals surface area contributed by atoms with Gasteiger partial charge in [-0.25, -0.2) is 0 Å². The van der Waals surface area contributed by atoms with Gasteiger partial charge in [0, 0.05) is 6.54 Å². The molecule has 0 aromatic rings. The van der Waals surface area contributed by atoms with Crippen LogP contribution in [0.3, 0.4) is 0 Å². The van der Waals surface area contributed by atoms with Gasteiger partial charge in [0.15, 0.2) is 0 Å². The number of carbonyl (C=O) groups excluding carboxylic acids is 1. The van der Waals surface area contributed by atoms with Gasteiger partial charge in [0.1, 0.15) is 0 Å². The Bertz CT molecular complexity index is 180. The smallest absolute Gasteiger partial charge is 0.309 e. The molecule has 84 valence electrons. The van der Waals surface area contributed by atoms with Crippen LogP contribution in [-0.2, 0) is 9.53 Å². The second-order valence-corrected chi connectivity index (χ2v) is 3.97. The molecule has 0 rings (SSSR count). The van der Waals surface area contributed by atoms with E-state index >= 15 is 0 Å². The van der Waals surface area contributed by atoms with Crippen molar-refractivity contribution in [1.82, 2.24) is 0 Å². The van der Waals surface area contributed by atoms with Gasteiger partial charge >= 0.3 is 5.97 Å². The van der Waals surface area contributed by atoms with Crippen molar-refractivity contribution in [1.29, 1.82) is 0 Å². The molecule has 0 aliphatic rings. The summed E-state index contributed by atoms with van der Waals surface area (Å²) in [7, 11) is 0. The quantitative estimate of drug-likeness (QED) is 0.627. The van der Waals surface area contributed by atoms with E-state index in [1.807, 2.05) is 13.8 Å². The van der Waals surface area contributed by atoms with E-state index in [1.54, 1.807) is 0 Å². The van der Waals surface area contributed by atoms with Crippen molar-refractivity contribution < 1.29 is 14.6 Å². The van der Waals surface area contributed by atoms with Gasteiger partial charge in [-0.05, 0) is 20.3 Å². The topological polar surface area (TPSA) is 72.5 Å². The van der Waals surface area contributed by atoms with E-state index in [1.165, 1.54) is 6.92 Å². The van der Waals surface area contributed by atoms with Gasteiger partial charge in [-0.2, -0.15) is 0 Å². The summed E-state index contributed by atoms with van der Waals surface area (Å²) >= 11 is 0. The van der Waals surface area contributed by atoms with Crippen molar-refractivity contribution >= 4 is 5.97 Å². The molecule has 0 spiro atoms. The van der Waals surface area contributed by atoms with Crippen LogP contribution in [0.2, 0.25) is 0 Å². The first-order valence-corrected chi connectivity index (χ1v) is 5.03. The highest BCUT2D eigenvalue weighted by molar-refractivity contribution is 5.70. The SMILES string of the molecule is CCCC(C)OC(=O)CC(C)(O)CN. The lowest BCUT2D eigenvalue weighted by atomic mass is 10.0. The third-order valence-corrected chi connectivity index (χ3v) is 1.99. The van der Waals surface area contributed by atoms with Gasteiger partial charge in [-0.15, -0.1) is 0 Å². The molecule has 0 fully saturated rings. The van der Waals surface area contributed by atoms with Crippen molar-refractivity contribution in [2.75, 3.05) is 6.54 Å². The summed E-state index contributed by atoms with van der Waals surface area (Å²) in [6.45, 7) is 5.46. The normalized spacial score (nSPS) is 17.2. The molecule has 4 heteroatoms. The van der Waals surface area contributed by atoms with Gasteiger partial charge in [-0.1, -0.05) is 13.3 Å². The highest BCUT2D eigenvalue weighted by Crippen LogP contribution is 2.10. The Kier molecular flexibility index (Phi) is 5.72. The monoisotopic (exact) mass is 203 g/mol. The number of aliphatic hydroxyl groups is 1. The molecule has 0 amide bonds. The highest BCUT2D eigenvalue weighted by Gasteiger charge is 2.24. The predicted octanol–water partition coefficient (Wildman–Crippen LogP) is 0.818. The van der Waals surface area contributed by atoms with Gasteiger partial charge in [0.25, 0.3) is 0 Å². The zero-order valence-electron chi connectivity index (χ0n) is 9.25. The van der Waals surface area contributed by atoms with Crippen molar-refractivity contribution in [2.24, 2.45) is 5.73 Å². The van der Waals surface area contributed by atoms with E-state index in [-0.39, 0.29) is 25.0 Å². The number of hydrogen-bond donors (Lipinski definition) is 2. The summed E-state index contributed by atoms with van der Waals surface area (Å²) in [5, 5.41) is 9.51. The zero-order chi connectivity index (χ0) is 11.2. The molecule has 0 heterocycles. The highest BCUT2D eigenvalue weighted by atomic mass is 16.5. The number of ether oxygens (including phenoxy) is 1. The lowest BCUT2D eigenvalue weighted by Gasteiger charge is -2.21. The molecule has 0 saturated carbocycles. The second-order valence-electron chi connectivity index (χ2n) is 3.97. The largest absolute Gasteiger partial charge is 0.463 e. The fraction of sp³-hybridized carbons (Fsp3) is 0.900. The molecule has 4 nitrogen and oxygen atoms in total. The summed E-state index contributed by atoms with van der Waals surface area (Å²) in [6, 6.07) is 0. The lowest BCUT2D eigenvalue weighted by molar-refractivity contribution is -0.153. The molecule has 0 radical (unpaired) electrons. The summed E-state index contributed by atoms with van der Waals surface area (Å²) in [6.07, 6.45) is 1.69. The van der Waals surface area contributed by atoms with Crippen LogP contribution in [0.5, 0.6) is 0 Å². The molecule has 2 unspecified atom stereocenters. The molecule has 14 heavy (non-hydrogen) atoms. The van der Waals surface area contributed by atoms with Crippen LogP contribution in [0.4, 0.5) is 0 Å². The second kappa shape index (κ2) is 5.98. The van der Waals surface area contributed by atoms with Crippen molar-refractivity contribution in [3.8, 4) is 0 Å². The first-order valence-electron chi connectivity index (χ1n) is 5.03. The van der Waals surface area contributed by atoms with Crippen LogP contribution >= 0.6 is 0 Å². The number of rotatable bonds is 6. The Morgan fingerprint density at radius 3 is 2.64 bits per heavy atom. The summed E-state index contributed by atoms with van der Waals surface area (Å²) < 4.78 is 5.07.